The maximum absolute atomic E-state index is 7.81. The van der Waals surface area contributed by atoms with Crippen LogP contribution in [0.1, 0.15) is 13.8 Å². The molecule has 0 saturated carbocycles. The largest absolute Gasteiger partial charge is 0.411 e. The molecule has 0 aliphatic rings. The highest BCUT2D eigenvalue weighted by Crippen LogP contribution is 1.81. The fourth-order valence-electron chi connectivity index (χ4n) is 0.133. The normalized spacial score (nSPS) is 9.57. The van der Waals surface area contributed by atoms with Crippen LogP contribution in [-0.4, -0.2) is 11.4 Å². The third kappa shape index (κ3) is 10.7. The van der Waals surface area contributed by atoms with Gasteiger partial charge in [-0.05, 0) is 5.92 Å². The van der Waals surface area contributed by atoms with Gasteiger partial charge in [-0.2, -0.15) is 0 Å². The summed E-state index contributed by atoms with van der Waals surface area (Å²) < 4.78 is 0. The third-order valence-electron chi connectivity index (χ3n) is 0.365. The second kappa shape index (κ2) is 5.76. The molecule has 0 heterocycles. The minimum Gasteiger partial charge on any atom is -0.411 e. The monoisotopic (exact) mass is 123 g/mol. The molecule has 0 aromatic rings. The van der Waals surface area contributed by atoms with Gasteiger partial charge in [0.05, 0.1) is 0 Å². The molecule has 1 N–H and O–H groups in total. The first-order chi connectivity index (χ1) is 2.77. The Morgan fingerprint density at radius 1 is 1.57 bits per heavy atom. The first-order valence-corrected chi connectivity index (χ1v) is 1.95. The van der Waals surface area contributed by atoms with Gasteiger partial charge in [-0.3, -0.25) is 0 Å². The molecule has 0 bridgehead atoms. The van der Waals surface area contributed by atoms with Crippen molar-refractivity contribution < 1.29 is 5.21 Å². The van der Waals surface area contributed by atoms with Gasteiger partial charge in [0.25, 0.3) is 0 Å². The predicted octanol–water partition coefficient (Wildman–Crippen LogP) is 1.52. The number of halogens is 1. The van der Waals surface area contributed by atoms with E-state index in [0.29, 0.717) is 5.92 Å². The van der Waals surface area contributed by atoms with E-state index in [2.05, 4.69) is 5.16 Å². The average molecular weight is 124 g/mol. The Morgan fingerprint density at radius 3 is 2.00 bits per heavy atom. The minimum atomic E-state index is 0. The van der Waals surface area contributed by atoms with Crippen LogP contribution < -0.4 is 0 Å². The van der Waals surface area contributed by atoms with E-state index in [1.807, 2.05) is 13.8 Å². The van der Waals surface area contributed by atoms with Crippen molar-refractivity contribution in [2.24, 2.45) is 11.1 Å². The molecule has 3 heteroatoms. The molecule has 7 heavy (non-hydrogen) atoms. The van der Waals surface area contributed by atoms with Crippen molar-refractivity contribution in [2.75, 3.05) is 0 Å². The lowest BCUT2D eigenvalue weighted by Crippen LogP contribution is -1.84. The average Bonchev–Trinajstić information content (AvgIpc) is 1.35. The first kappa shape index (κ1) is 9.90. The van der Waals surface area contributed by atoms with Gasteiger partial charge in [-0.25, -0.2) is 0 Å². The summed E-state index contributed by atoms with van der Waals surface area (Å²) in [5, 5.41) is 10.6. The van der Waals surface area contributed by atoms with Gasteiger partial charge in [0.15, 0.2) is 0 Å². The van der Waals surface area contributed by atoms with Crippen LogP contribution in [0.25, 0.3) is 0 Å². The Kier molecular flexibility index (Phi) is 8.15. The van der Waals surface area contributed by atoms with Crippen LogP contribution in [0.2, 0.25) is 0 Å². The van der Waals surface area contributed by atoms with Gasteiger partial charge in [0, 0.05) is 6.21 Å². The van der Waals surface area contributed by atoms with Crippen LogP contribution in [0.5, 0.6) is 0 Å². The van der Waals surface area contributed by atoms with E-state index in [1.54, 1.807) is 0 Å². The highest BCUT2D eigenvalue weighted by molar-refractivity contribution is 5.85. The highest BCUT2D eigenvalue weighted by atomic mass is 35.5. The van der Waals surface area contributed by atoms with Gasteiger partial charge in [0.2, 0.25) is 0 Å². The van der Waals surface area contributed by atoms with Crippen molar-refractivity contribution in [3.63, 3.8) is 0 Å². The molecular weight excluding hydrogens is 114 g/mol. The second-order valence-electron chi connectivity index (χ2n) is 1.51. The molecule has 2 nitrogen and oxygen atoms in total. The van der Waals surface area contributed by atoms with E-state index < -0.39 is 0 Å². The maximum Gasteiger partial charge on any atom is 0.0461 e. The summed E-state index contributed by atoms with van der Waals surface area (Å²) in [5.41, 5.74) is 0. The smallest absolute Gasteiger partial charge is 0.0461 e. The predicted molar refractivity (Wildman–Crippen MR) is 32.4 cm³/mol. The van der Waals surface area contributed by atoms with E-state index in [4.69, 9.17) is 5.21 Å². The zero-order valence-corrected chi connectivity index (χ0v) is 5.27. The Hall–Kier alpha value is -0.240. The number of nitrogens with zero attached hydrogens (tertiary/aromatic N) is 1. The van der Waals surface area contributed by atoms with Crippen LogP contribution in [0, 0.1) is 5.92 Å². The lowest BCUT2D eigenvalue weighted by atomic mass is 10.3. The van der Waals surface area contributed by atoms with E-state index >= 15 is 0 Å². The second-order valence-corrected chi connectivity index (χ2v) is 1.51. The van der Waals surface area contributed by atoms with E-state index in [9.17, 15) is 0 Å². The van der Waals surface area contributed by atoms with Gasteiger partial charge in [-0.15, -0.1) is 17.6 Å². The molecule has 0 aliphatic heterocycles. The quantitative estimate of drug-likeness (QED) is 0.320. The van der Waals surface area contributed by atoms with Gasteiger partial charge in [0.1, 0.15) is 0 Å². The summed E-state index contributed by atoms with van der Waals surface area (Å²) >= 11 is 0. The summed E-state index contributed by atoms with van der Waals surface area (Å²) in [6, 6.07) is 0. The van der Waals surface area contributed by atoms with Gasteiger partial charge >= 0.3 is 0 Å². The number of oxime groups is 1. The fourth-order valence-corrected chi connectivity index (χ4v) is 0.133. The Morgan fingerprint density at radius 2 is 2.00 bits per heavy atom. The minimum absolute atomic E-state index is 0. The highest BCUT2D eigenvalue weighted by Gasteiger charge is 1.79. The molecule has 0 spiro atoms. The number of hydrogen-bond acceptors (Lipinski definition) is 2. The molecule has 0 aromatic carbocycles. The molecule has 0 saturated heterocycles. The van der Waals surface area contributed by atoms with E-state index in [-0.39, 0.29) is 12.4 Å². The fraction of sp³-hybridized carbons (Fsp3) is 0.750. The van der Waals surface area contributed by atoms with E-state index in [0.717, 1.165) is 0 Å². The van der Waals surface area contributed by atoms with Crippen molar-refractivity contribution in [3.8, 4) is 0 Å². The molecule has 44 valence electrons. The lowest BCUT2D eigenvalue weighted by molar-refractivity contribution is 0.319. The third-order valence-corrected chi connectivity index (χ3v) is 0.365. The van der Waals surface area contributed by atoms with Gasteiger partial charge < -0.3 is 5.21 Å². The van der Waals surface area contributed by atoms with E-state index in [1.165, 1.54) is 6.21 Å². The standard InChI is InChI=1S/C4H9NO.ClH/c1-4(2)3-5-6;/h3-4,6H,1-2H3;1H. The number of rotatable bonds is 1. The van der Waals surface area contributed by atoms with Crippen molar-refractivity contribution >= 4 is 18.6 Å². The zero-order chi connectivity index (χ0) is 4.99. The molecule has 0 aromatic heterocycles. The van der Waals surface area contributed by atoms with Crippen LogP contribution in [0.15, 0.2) is 5.16 Å². The molecular formula is C4H10ClNO. The Balaban J connectivity index is 0. The van der Waals surface area contributed by atoms with Crippen molar-refractivity contribution in [1.82, 2.24) is 0 Å². The summed E-state index contributed by atoms with van der Waals surface area (Å²) in [7, 11) is 0. The zero-order valence-electron chi connectivity index (χ0n) is 4.46. The van der Waals surface area contributed by atoms with Crippen molar-refractivity contribution in [2.45, 2.75) is 13.8 Å². The van der Waals surface area contributed by atoms with Crippen molar-refractivity contribution in [3.05, 3.63) is 0 Å². The first-order valence-electron chi connectivity index (χ1n) is 1.95. The van der Waals surface area contributed by atoms with Crippen LogP contribution in [0.3, 0.4) is 0 Å². The summed E-state index contributed by atoms with van der Waals surface area (Å²) in [6.07, 6.45) is 1.47. The SMILES string of the molecule is CC(C)C=NO.Cl. The molecule has 0 atom stereocenters. The molecule has 0 rings (SSSR count). The molecule has 0 fully saturated rings. The van der Waals surface area contributed by atoms with Crippen LogP contribution in [0.4, 0.5) is 0 Å². The van der Waals surface area contributed by atoms with Gasteiger partial charge in [-0.1, -0.05) is 13.8 Å². The Bertz CT molecular complexity index is 53.7. The molecule has 0 aliphatic carbocycles. The lowest BCUT2D eigenvalue weighted by Gasteiger charge is -1.84. The summed E-state index contributed by atoms with van der Waals surface area (Å²) in [5.74, 6) is 0.356. The van der Waals surface area contributed by atoms with Crippen molar-refractivity contribution in [1.29, 1.82) is 0 Å². The molecule has 0 radical (unpaired) electrons. The molecule has 0 unspecified atom stereocenters. The maximum atomic E-state index is 7.81. The van der Waals surface area contributed by atoms with Crippen LogP contribution in [-0.2, 0) is 0 Å². The molecule has 0 amide bonds. The van der Waals surface area contributed by atoms with Crippen LogP contribution >= 0.6 is 12.4 Å². The topological polar surface area (TPSA) is 32.6 Å². The summed E-state index contributed by atoms with van der Waals surface area (Å²) in [6.45, 7) is 3.89. The Labute approximate surface area is 49.6 Å². The summed E-state index contributed by atoms with van der Waals surface area (Å²) in [4.78, 5) is 0. The number of hydrogen-bond donors (Lipinski definition) is 1.